The van der Waals surface area contributed by atoms with E-state index >= 15 is 0 Å². The number of non-ortho nitro benzene ring substituents is 1. The largest absolute Gasteiger partial charge is 0.460 e. The maximum absolute atomic E-state index is 12.4. The number of aliphatic imine (C=N–C) groups is 1. The molecule has 0 atom stereocenters. The summed E-state index contributed by atoms with van der Waals surface area (Å²) in [6.07, 6.45) is -0.993. The lowest BCUT2D eigenvalue weighted by molar-refractivity contribution is -0.384. The fourth-order valence-corrected chi connectivity index (χ4v) is 3.06. The fourth-order valence-electron chi connectivity index (χ4n) is 3.06. The van der Waals surface area contributed by atoms with Crippen molar-refractivity contribution in [3.8, 4) is 0 Å². The van der Waals surface area contributed by atoms with Crippen LogP contribution < -0.4 is 5.32 Å². The van der Waals surface area contributed by atoms with Crippen LogP contribution >= 0.6 is 0 Å². The molecule has 1 aliphatic heterocycles. The van der Waals surface area contributed by atoms with Gasteiger partial charge in [0.05, 0.1) is 4.92 Å². The fraction of sp³-hybridized carbons (Fsp3) is 0.318. The minimum absolute atomic E-state index is 0.0480. The van der Waals surface area contributed by atoms with Crippen LogP contribution in [0.2, 0.25) is 0 Å². The Morgan fingerprint density at radius 3 is 2.25 bits per heavy atom. The summed E-state index contributed by atoms with van der Waals surface area (Å²) >= 11 is 0. The van der Waals surface area contributed by atoms with Crippen molar-refractivity contribution in [2.75, 3.05) is 26.2 Å². The number of nitro groups is 1. The first-order valence-corrected chi connectivity index (χ1v) is 10.1. The average molecular weight is 440 g/mol. The second-order valence-corrected chi connectivity index (χ2v) is 7.07. The van der Waals surface area contributed by atoms with Crippen LogP contribution in [0.15, 0.2) is 59.6 Å². The van der Waals surface area contributed by atoms with Crippen molar-refractivity contribution in [3.63, 3.8) is 0 Å². The maximum Gasteiger partial charge on any atom is 0.435 e. The number of amidine groups is 1. The van der Waals surface area contributed by atoms with Crippen LogP contribution in [-0.2, 0) is 27.5 Å². The quantitative estimate of drug-likeness (QED) is 0.229. The first-order valence-electron chi connectivity index (χ1n) is 10.1. The van der Waals surface area contributed by atoms with Crippen LogP contribution in [-0.4, -0.2) is 53.9 Å². The number of rotatable bonds is 7. The van der Waals surface area contributed by atoms with Gasteiger partial charge < -0.3 is 19.7 Å². The summed E-state index contributed by atoms with van der Waals surface area (Å²) in [5.74, 6) is -0.201. The zero-order chi connectivity index (χ0) is 22.8. The number of nitrogens with one attached hydrogen (secondary N) is 1. The number of esters is 1. The van der Waals surface area contributed by atoms with Crippen molar-refractivity contribution in [2.45, 2.75) is 19.6 Å². The van der Waals surface area contributed by atoms with E-state index in [0.717, 1.165) is 5.56 Å². The molecule has 1 saturated heterocycles. The lowest BCUT2D eigenvalue weighted by Crippen LogP contribution is -2.47. The van der Waals surface area contributed by atoms with Gasteiger partial charge in [-0.25, -0.2) is 4.79 Å². The highest BCUT2D eigenvalue weighted by Crippen LogP contribution is 2.13. The van der Waals surface area contributed by atoms with Crippen molar-refractivity contribution in [3.05, 3.63) is 75.8 Å². The third kappa shape index (κ3) is 7.17. The third-order valence-electron chi connectivity index (χ3n) is 4.76. The number of benzene rings is 2. The highest BCUT2D eigenvalue weighted by atomic mass is 16.6. The minimum atomic E-state index is -0.840. The lowest BCUT2D eigenvalue weighted by atomic mass is 10.2. The van der Waals surface area contributed by atoms with E-state index in [-0.39, 0.29) is 25.3 Å². The summed E-state index contributed by atoms with van der Waals surface area (Å²) < 4.78 is 10.5. The normalized spacial score (nSPS) is 14.0. The number of nitrogens with zero attached hydrogens (tertiary/aromatic N) is 3. The Labute approximate surface area is 185 Å². The second kappa shape index (κ2) is 11.6. The molecule has 0 radical (unpaired) electrons. The van der Waals surface area contributed by atoms with E-state index in [0.29, 0.717) is 37.6 Å². The minimum Gasteiger partial charge on any atom is -0.460 e. The molecular formula is C22H24N4O6. The molecule has 1 N–H and O–H groups in total. The molecule has 0 saturated carbocycles. The summed E-state index contributed by atoms with van der Waals surface area (Å²) in [5, 5.41) is 13.9. The van der Waals surface area contributed by atoms with Crippen molar-refractivity contribution < 1.29 is 24.0 Å². The molecule has 1 fully saturated rings. The van der Waals surface area contributed by atoms with E-state index in [1.54, 1.807) is 0 Å². The summed E-state index contributed by atoms with van der Waals surface area (Å²) in [6, 6.07) is 15.0. The molecule has 1 amide bonds. The van der Waals surface area contributed by atoms with E-state index in [1.165, 1.54) is 24.3 Å². The molecule has 0 spiro atoms. The van der Waals surface area contributed by atoms with Gasteiger partial charge in [0.1, 0.15) is 25.5 Å². The van der Waals surface area contributed by atoms with Crippen LogP contribution in [0.1, 0.15) is 17.5 Å². The molecule has 2 aromatic rings. The summed E-state index contributed by atoms with van der Waals surface area (Å²) in [4.78, 5) is 40.7. The van der Waals surface area contributed by atoms with Crippen LogP contribution in [0.4, 0.5) is 10.5 Å². The van der Waals surface area contributed by atoms with Crippen molar-refractivity contribution >= 4 is 23.6 Å². The molecule has 0 aliphatic carbocycles. The monoisotopic (exact) mass is 440 g/mol. The standard InChI is InChI=1S/C22H24N4O6/c27-21(31-15-17-4-2-1-3-5-17)14-20(25-12-10-23-11-13-25)24-22(28)32-16-18-6-8-19(9-7-18)26(29)30/h1-9,23H,10-16H2. The first kappa shape index (κ1) is 22.9. The molecule has 2 aromatic carbocycles. The molecule has 0 aromatic heterocycles. The maximum atomic E-state index is 12.4. The number of hydrogen-bond acceptors (Lipinski definition) is 7. The van der Waals surface area contributed by atoms with Gasteiger partial charge in [0.25, 0.3) is 5.69 Å². The SMILES string of the molecule is O=C(CC(=NC(=O)OCc1ccc([N+](=O)[O-])cc1)N1CCNCC1)OCc1ccccc1. The number of amides is 1. The Balaban J connectivity index is 1.59. The molecule has 1 heterocycles. The molecule has 1 aliphatic rings. The Hall–Kier alpha value is -3.79. The molecule has 0 bridgehead atoms. The molecule has 0 unspecified atom stereocenters. The van der Waals surface area contributed by atoms with Crippen LogP contribution in [0.25, 0.3) is 0 Å². The van der Waals surface area contributed by atoms with Gasteiger partial charge in [-0.1, -0.05) is 30.3 Å². The van der Waals surface area contributed by atoms with Crippen LogP contribution in [0.3, 0.4) is 0 Å². The zero-order valence-electron chi connectivity index (χ0n) is 17.4. The van der Waals surface area contributed by atoms with Gasteiger partial charge in [0.2, 0.25) is 0 Å². The molecular weight excluding hydrogens is 416 g/mol. The van der Waals surface area contributed by atoms with Gasteiger partial charge >= 0.3 is 12.1 Å². The van der Waals surface area contributed by atoms with E-state index in [9.17, 15) is 19.7 Å². The topological polar surface area (TPSA) is 123 Å². The number of ether oxygens (including phenoxy) is 2. The van der Waals surface area contributed by atoms with Gasteiger partial charge in [-0.05, 0) is 23.3 Å². The van der Waals surface area contributed by atoms with Crippen molar-refractivity contribution in [2.24, 2.45) is 4.99 Å². The third-order valence-corrected chi connectivity index (χ3v) is 4.76. The van der Waals surface area contributed by atoms with Crippen molar-refractivity contribution in [1.82, 2.24) is 10.2 Å². The second-order valence-electron chi connectivity index (χ2n) is 7.07. The van der Waals surface area contributed by atoms with Gasteiger partial charge in [-0.2, -0.15) is 4.99 Å². The number of hydrogen-bond donors (Lipinski definition) is 1. The molecule has 3 rings (SSSR count). The average Bonchev–Trinajstić information content (AvgIpc) is 2.82. The lowest BCUT2D eigenvalue weighted by Gasteiger charge is -2.29. The Bertz CT molecular complexity index is 956. The Morgan fingerprint density at radius 2 is 1.59 bits per heavy atom. The number of carbonyl (C=O) groups is 2. The van der Waals surface area contributed by atoms with Gasteiger partial charge in [-0.15, -0.1) is 0 Å². The molecule has 32 heavy (non-hydrogen) atoms. The van der Waals surface area contributed by atoms with Crippen LogP contribution in [0, 0.1) is 10.1 Å². The highest BCUT2D eigenvalue weighted by Gasteiger charge is 2.20. The van der Waals surface area contributed by atoms with E-state index < -0.39 is 17.0 Å². The first-order chi connectivity index (χ1) is 15.5. The summed E-state index contributed by atoms with van der Waals surface area (Å²) in [7, 11) is 0. The van der Waals surface area contributed by atoms with E-state index in [1.807, 2.05) is 35.2 Å². The van der Waals surface area contributed by atoms with Crippen molar-refractivity contribution in [1.29, 1.82) is 0 Å². The van der Waals surface area contributed by atoms with Gasteiger partial charge in [0, 0.05) is 38.3 Å². The number of piperazine rings is 1. The molecule has 168 valence electrons. The van der Waals surface area contributed by atoms with Gasteiger partial charge in [0.15, 0.2) is 0 Å². The molecule has 10 nitrogen and oxygen atoms in total. The summed E-state index contributed by atoms with van der Waals surface area (Å²) in [5.41, 5.74) is 1.40. The Kier molecular flexibility index (Phi) is 8.27. The highest BCUT2D eigenvalue weighted by molar-refractivity contribution is 6.01. The van der Waals surface area contributed by atoms with Crippen LogP contribution in [0.5, 0.6) is 0 Å². The zero-order valence-corrected chi connectivity index (χ0v) is 17.4. The van der Waals surface area contributed by atoms with E-state index in [4.69, 9.17) is 9.47 Å². The predicted octanol–water partition coefficient (Wildman–Crippen LogP) is 2.67. The molecule has 10 heteroatoms. The van der Waals surface area contributed by atoms with Gasteiger partial charge in [-0.3, -0.25) is 14.9 Å². The summed E-state index contributed by atoms with van der Waals surface area (Å²) in [6.45, 7) is 2.65. The predicted molar refractivity (Wildman–Crippen MR) is 116 cm³/mol. The number of carbonyl (C=O) groups excluding carboxylic acids is 2. The van der Waals surface area contributed by atoms with E-state index in [2.05, 4.69) is 10.3 Å². The number of nitro benzene ring substituents is 1. The Morgan fingerprint density at radius 1 is 0.969 bits per heavy atom. The smallest absolute Gasteiger partial charge is 0.435 e.